The summed E-state index contributed by atoms with van der Waals surface area (Å²) in [5.41, 5.74) is 0.164. The maximum absolute atomic E-state index is 11.4. The van der Waals surface area contributed by atoms with Gasteiger partial charge in [0.25, 0.3) is 0 Å². The monoisotopic (exact) mass is 268 g/mol. The van der Waals surface area contributed by atoms with Gasteiger partial charge in [0.1, 0.15) is 0 Å². The SMILES string of the molecule is CC(C)NC(=O)CCSc1ccc(C(=O)O)cn1. The summed E-state index contributed by atoms with van der Waals surface area (Å²) in [5, 5.41) is 12.2. The summed E-state index contributed by atoms with van der Waals surface area (Å²) in [7, 11) is 0. The van der Waals surface area contributed by atoms with Gasteiger partial charge in [-0.25, -0.2) is 9.78 Å². The Morgan fingerprint density at radius 2 is 2.17 bits per heavy atom. The Morgan fingerprint density at radius 1 is 1.44 bits per heavy atom. The minimum absolute atomic E-state index is 0.0136. The van der Waals surface area contributed by atoms with E-state index in [1.54, 1.807) is 6.07 Å². The van der Waals surface area contributed by atoms with E-state index in [4.69, 9.17) is 5.11 Å². The molecule has 0 unspecified atom stereocenters. The van der Waals surface area contributed by atoms with E-state index >= 15 is 0 Å². The average molecular weight is 268 g/mol. The van der Waals surface area contributed by atoms with E-state index in [-0.39, 0.29) is 17.5 Å². The fraction of sp³-hybridized carbons (Fsp3) is 0.417. The van der Waals surface area contributed by atoms with Gasteiger partial charge in [0.15, 0.2) is 0 Å². The van der Waals surface area contributed by atoms with Crippen molar-refractivity contribution in [1.29, 1.82) is 0 Å². The number of carboxylic acid groups (broad SMARTS) is 1. The number of amides is 1. The molecule has 0 saturated carbocycles. The van der Waals surface area contributed by atoms with Crippen LogP contribution in [0.4, 0.5) is 0 Å². The number of carboxylic acids is 1. The molecule has 0 radical (unpaired) electrons. The lowest BCUT2D eigenvalue weighted by atomic mass is 10.3. The molecule has 0 fully saturated rings. The van der Waals surface area contributed by atoms with Crippen molar-refractivity contribution in [2.24, 2.45) is 0 Å². The van der Waals surface area contributed by atoms with E-state index < -0.39 is 5.97 Å². The van der Waals surface area contributed by atoms with Gasteiger partial charge in [-0.2, -0.15) is 0 Å². The second-order valence-electron chi connectivity index (χ2n) is 4.01. The summed E-state index contributed by atoms with van der Waals surface area (Å²) in [6, 6.07) is 3.30. The van der Waals surface area contributed by atoms with Gasteiger partial charge in [-0.3, -0.25) is 4.79 Å². The molecule has 0 aliphatic rings. The standard InChI is InChI=1S/C12H16N2O3S/c1-8(2)14-10(15)5-6-18-11-4-3-9(7-13-11)12(16)17/h3-4,7-8H,5-6H2,1-2H3,(H,14,15)(H,16,17). The number of nitrogens with one attached hydrogen (secondary N) is 1. The van der Waals surface area contributed by atoms with Crippen molar-refractivity contribution in [2.75, 3.05) is 5.75 Å². The van der Waals surface area contributed by atoms with Crippen molar-refractivity contribution < 1.29 is 14.7 Å². The van der Waals surface area contributed by atoms with E-state index in [9.17, 15) is 9.59 Å². The fourth-order valence-electron chi connectivity index (χ4n) is 1.23. The quantitative estimate of drug-likeness (QED) is 0.769. The third-order valence-electron chi connectivity index (χ3n) is 2.01. The normalized spacial score (nSPS) is 10.4. The largest absolute Gasteiger partial charge is 0.478 e. The maximum atomic E-state index is 11.4. The first-order valence-electron chi connectivity index (χ1n) is 5.60. The second-order valence-corrected chi connectivity index (χ2v) is 5.13. The third kappa shape index (κ3) is 5.18. The topological polar surface area (TPSA) is 79.3 Å². The molecule has 98 valence electrons. The van der Waals surface area contributed by atoms with Crippen molar-refractivity contribution in [1.82, 2.24) is 10.3 Å². The van der Waals surface area contributed by atoms with Crippen LogP contribution in [0, 0.1) is 0 Å². The minimum Gasteiger partial charge on any atom is -0.478 e. The fourth-order valence-corrected chi connectivity index (χ4v) is 2.02. The molecule has 0 bridgehead atoms. The predicted molar refractivity (Wildman–Crippen MR) is 69.8 cm³/mol. The molecule has 1 aromatic heterocycles. The number of thioether (sulfide) groups is 1. The number of hydrogen-bond donors (Lipinski definition) is 2. The molecule has 6 heteroatoms. The van der Waals surface area contributed by atoms with Gasteiger partial charge in [-0.15, -0.1) is 11.8 Å². The molecular formula is C12H16N2O3S. The Bertz CT molecular complexity index is 418. The number of nitrogens with zero attached hydrogens (tertiary/aromatic N) is 1. The first-order valence-corrected chi connectivity index (χ1v) is 6.59. The Morgan fingerprint density at radius 3 is 2.67 bits per heavy atom. The van der Waals surface area contributed by atoms with Crippen molar-refractivity contribution in [3.8, 4) is 0 Å². The zero-order valence-electron chi connectivity index (χ0n) is 10.3. The van der Waals surface area contributed by atoms with Crippen LogP contribution in [-0.2, 0) is 4.79 Å². The summed E-state index contributed by atoms with van der Waals surface area (Å²) in [6.07, 6.45) is 1.74. The molecule has 5 nitrogen and oxygen atoms in total. The van der Waals surface area contributed by atoms with Gasteiger partial charge in [0.2, 0.25) is 5.91 Å². The van der Waals surface area contributed by atoms with Crippen molar-refractivity contribution in [3.05, 3.63) is 23.9 Å². The molecule has 0 aliphatic carbocycles. The molecule has 0 atom stereocenters. The van der Waals surface area contributed by atoms with E-state index in [1.165, 1.54) is 24.0 Å². The van der Waals surface area contributed by atoms with Crippen molar-refractivity contribution >= 4 is 23.6 Å². The molecule has 2 N–H and O–H groups in total. The highest BCUT2D eigenvalue weighted by atomic mass is 32.2. The Kier molecular flexibility index (Phi) is 5.64. The molecule has 1 heterocycles. The summed E-state index contributed by atoms with van der Waals surface area (Å²) >= 11 is 1.43. The van der Waals surface area contributed by atoms with Gasteiger partial charge in [-0.1, -0.05) is 0 Å². The molecule has 0 aromatic carbocycles. The molecule has 1 amide bonds. The van der Waals surface area contributed by atoms with Crippen molar-refractivity contribution in [2.45, 2.75) is 31.3 Å². The van der Waals surface area contributed by atoms with Crippen molar-refractivity contribution in [3.63, 3.8) is 0 Å². The number of aromatic carboxylic acids is 1. The van der Waals surface area contributed by atoms with Crippen LogP contribution in [-0.4, -0.2) is 33.8 Å². The summed E-state index contributed by atoms with van der Waals surface area (Å²) in [6.45, 7) is 3.83. The minimum atomic E-state index is -0.990. The third-order valence-corrected chi connectivity index (χ3v) is 2.96. The molecule has 1 rings (SSSR count). The lowest BCUT2D eigenvalue weighted by Gasteiger charge is -2.07. The number of hydrogen-bond acceptors (Lipinski definition) is 4. The van der Waals surface area contributed by atoms with Gasteiger partial charge in [0.05, 0.1) is 10.6 Å². The molecule has 1 aromatic rings. The molecule has 18 heavy (non-hydrogen) atoms. The molecule has 0 saturated heterocycles. The first-order chi connectivity index (χ1) is 8.49. The highest BCUT2D eigenvalue weighted by Crippen LogP contribution is 2.16. The van der Waals surface area contributed by atoms with E-state index in [0.29, 0.717) is 12.2 Å². The average Bonchev–Trinajstić information content (AvgIpc) is 2.28. The van der Waals surface area contributed by atoms with Crippen LogP contribution in [0.5, 0.6) is 0 Å². The number of carbonyl (C=O) groups is 2. The number of aromatic nitrogens is 1. The maximum Gasteiger partial charge on any atom is 0.337 e. The van der Waals surface area contributed by atoms with Gasteiger partial charge >= 0.3 is 5.97 Å². The van der Waals surface area contributed by atoms with Gasteiger partial charge in [-0.05, 0) is 26.0 Å². The molecule has 0 aliphatic heterocycles. The highest BCUT2D eigenvalue weighted by Gasteiger charge is 2.05. The van der Waals surface area contributed by atoms with Crippen LogP contribution in [0.15, 0.2) is 23.4 Å². The number of rotatable bonds is 6. The summed E-state index contributed by atoms with van der Waals surface area (Å²) in [4.78, 5) is 26.0. The Labute approximate surface area is 110 Å². The summed E-state index contributed by atoms with van der Waals surface area (Å²) in [5.74, 6) is -0.354. The zero-order chi connectivity index (χ0) is 13.5. The first kappa shape index (κ1) is 14.5. The summed E-state index contributed by atoms with van der Waals surface area (Å²) < 4.78 is 0. The van der Waals surface area contributed by atoms with Crippen LogP contribution in [0.1, 0.15) is 30.6 Å². The zero-order valence-corrected chi connectivity index (χ0v) is 11.2. The van der Waals surface area contributed by atoms with Gasteiger partial charge < -0.3 is 10.4 Å². The molecular weight excluding hydrogens is 252 g/mol. The van der Waals surface area contributed by atoms with Gasteiger partial charge in [0, 0.05) is 24.4 Å². The van der Waals surface area contributed by atoms with Crippen LogP contribution in [0.2, 0.25) is 0 Å². The number of carbonyl (C=O) groups excluding carboxylic acids is 1. The van der Waals surface area contributed by atoms with E-state index in [2.05, 4.69) is 10.3 Å². The van der Waals surface area contributed by atoms with Crippen LogP contribution < -0.4 is 5.32 Å². The second kappa shape index (κ2) is 7.00. The molecule has 0 spiro atoms. The Hall–Kier alpha value is -1.56. The van der Waals surface area contributed by atoms with E-state index in [0.717, 1.165) is 5.03 Å². The Balaban J connectivity index is 2.35. The lowest BCUT2D eigenvalue weighted by Crippen LogP contribution is -2.30. The number of pyridine rings is 1. The van der Waals surface area contributed by atoms with Crippen LogP contribution >= 0.6 is 11.8 Å². The van der Waals surface area contributed by atoms with Crippen LogP contribution in [0.25, 0.3) is 0 Å². The van der Waals surface area contributed by atoms with Crippen LogP contribution in [0.3, 0.4) is 0 Å². The smallest absolute Gasteiger partial charge is 0.337 e. The predicted octanol–water partition coefficient (Wildman–Crippen LogP) is 1.79. The van der Waals surface area contributed by atoms with E-state index in [1.807, 2.05) is 13.8 Å². The lowest BCUT2D eigenvalue weighted by molar-refractivity contribution is -0.121. The highest BCUT2D eigenvalue weighted by molar-refractivity contribution is 7.99.